The van der Waals surface area contributed by atoms with E-state index in [2.05, 4.69) is 21.0 Å². The molecule has 0 spiro atoms. The Balaban J connectivity index is 1.64. The molecule has 30 heavy (non-hydrogen) atoms. The average Bonchev–Trinajstić information content (AvgIpc) is 3.53. The van der Waals surface area contributed by atoms with Crippen molar-refractivity contribution in [1.82, 2.24) is 19.9 Å². The molecule has 0 aliphatic heterocycles. The molecule has 6 heteroatoms. The van der Waals surface area contributed by atoms with E-state index in [-0.39, 0.29) is 5.43 Å². The second kappa shape index (κ2) is 6.57. The Bertz CT molecular complexity index is 1500. The largest absolute Gasteiger partial charge is 0.343 e. The van der Waals surface area contributed by atoms with Gasteiger partial charge in [-0.1, -0.05) is 12.1 Å². The van der Waals surface area contributed by atoms with Gasteiger partial charge in [0.2, 0.25) is 0 Å². The Kier molecular flexibility index (Phi) is 3.83. The van der Waals surface area contributed by atoms with E-state index >= 15 is 0 Å². The first-order valence-electron chi connectivity index (χ1n) is 10.0. The maximum Gasteiger partial charge on any atom is 0.191 e. The van der Waals surface area contributed by atoms with Gasteiger partial charge in [-0.25, -0.2) is 9.97 Å². The van der Waals surface area contributed by atoms with Gasteiger partial charge in [0, 0.05) is 35.1 Å². The molecule has 1 N–H and O–H groups in total. The summed E-state index contributed by atoms with van der Waals surface area (Å²) in [5.41, 5.74) is 5.40. The number of hydrogen-bond acceptors (Lipinski definition) is 5. The molecule has 146 valence electrons. The lowest BCUT2D eigenvalue weighted by molar-refractivity contribution is 1.03. The van der Waals surface area contributed by atoms with E-state index in [1.165, 1.54) is 0 Å². The van der Waals surface area contributed by atoms with Crippen molar-refractivity contribution in [3.05, 3.63) is 75.8 Å². The van der Waals surface area contributed by atoms with Gasteiger partial charge in [-0.15, -0.1) is 11.3 Å². The summed E-state index contributed by atoms with van der Waals surface area (Å²) < 4.78 is 0. The number of nitrogens with zero attached hydrogens (tertiary/aromatic N) is 3. The number of benzene rings is 1. The molecule has 1 fully saturated rings. The van der Waals surface area contributed by atoms with Crippen LogP contribution in [0.4, 0.5) is 0 Å². The highest BCUT2D eigenvalue weighted by molar-refractivity contribution is 7.15. The van der Waals surface area contributed by atoms with E-state index < -0.39 is 0 Å². The minimum absolute atomic E-state index is 0.0221. The summed E-state index contributed by atoms with van der Waals surface area (Å²) in [4.78, 5) is 31.1. The molecular formula is C24H18N4OS. The molecule has 5 nitrogen and oxygen atoms in total. The minimum atomic E-state index is 0.0221. The number of rotatable bonds is 3. The van der Waals surface area contributed by atoms with Crippen LogP contribution in [0, 0.1) is 6.92 Å². The first-order valence-corrected chi connectivity index (χ1v) is 10.8. The highest BCUT2D eigenvalue weighted by Gasteiger charge is 2.25. The Hall–Kier alpha value is -3.38. The quantitative estimate of drug-likeness (QED) is 0.429. The number of fused-ring (bicyclic) bond motifs is 2. The van der Waals surface area contributed by atoms with Crippen LogP contribution >= 0.6 is 11.3 Å². The van der Waals surface area contributed by atoms with E-state index in [9.17, 15) is 4.79 Å². The number of pyridine rings is 3. The van der Waals surface area contributed by atoms with Crippen LogP contribution in [0.2, 0.25) is 0 Å². The third kappa shape index (κ3) is 2.92. The van der Waals surface area contributed by atoms with Crippen LogP contribution in [-0.4, -0.2) is 19.9 Å². The van der Waals surface area contributed by atoms with Crippen molar-refractivity contribution in [2.75, 3.05) is 0 Å². The van der Waals surface area contributed by atoms with Gasteiger partial charge in [-0.3, -0.25) is 9.78 Å². The number of aromatic nitrogens is 4. The smallest absolute Gasteiger partial charge is 0.191 e. The molecule has 4 heterocycles. The summed E-state index contributed by atoms with van der Waals surface area (Å²) in [7, 11) is 0. The van der Waals surface area contributed by atoms with E-state index in [0.29, 0.717) is 17.0 Å². The number of aromatic amines is 1. The zero-order chi connectivity index (χ0) is 20.2. The molecule has 1 saturated carbocycles. The standard InChI is InChI=1S/C24H18N4OS/c1-13-26-12-22(30-13)23-17(15-6-7-19-16(9-15)3-2-8-25-19)10-18-21(29)11-20(14-4-5-14)27-24(18)28-23/h2-3,6-12,14H,4-5H2,1H3,(H,27,28,29). The van der Waals surface area contributed by atoms with Crippen molar-refractivity contribution >= 4 is 33.3 Å². The highest BCUT2D eigenvalue weighted by Crippen LogP contribution is 2.40. The summed E-state index contributed by atoms with van der Waals surface area (Å²) >= 11 is 1.61. The fourth-order valence-electron chi connectivity index (χ4n) is 3.92. The molecule has 0 saturated heterocycles. The Morgan fingerprint density at radius 3 is 2.80 bits per heavy atom. The van der Waals surface area contributed by atoms with Crippen molar-refractivity contribution in [3.8, 4) is 21.7 Å². The minimum Gasteiger partial charge on any atom is -0.343 e. The number of H-pyrrole nitrogens is 1. The summed E-state index contributed by atoms with van der Waals surface area (Å²) in [6.45, 7) is 1.99. The Morgan fingerprint density at radius 2 is 2.00 bits per heavy atom. The average molecular weight is 411 g/mol. The Morgan fingerprint density at radius 1 is 1.10 bits per heavy atom. The molecule has 0 radical (unpaired) electrons. The lowest BCUT2D eigenvalue weighted by Gasteiger charge is -2.11. The van der Waals surface area contributed by atoms with Gasteiger partial charge in [0.05, 0.1) is 26.5 Å². The van der Waals surface area contributed by atoms with Gasteiger partial charge < -0.3 is 4.98 Å². The monoisotopic (exact) mass is 410 g/mol. The van der Waals surface area contributed by atoms with Crippen molar-refractivity contribution in [1.29, 1.82) is 0 Å². The lowest BCUT2D eigenvalue weighted by Crippen LogP contribution is -2.07. The summed E-state index contributed by atoms with van der Waals surface area (Å²) in [6, 6.07) is 13.9. The third-order valence-electron chi connectivity index (χ3n) is 5.62. The topological polar surface area (TPSA) is 71.5 Å². The molecule has 0 amide bonds. The highest BCUT2D eigenvalue weighted by atomic mass is 32.1. The van der Waals surface area contributed by atoms with Crippen LogP contribution in [0.5, 0.6) is 0 Å². The van der Waals surface area contributed by atoms with Crippen LogP contribution < -0.4 is 5.43 Å². The molecular weight excluding hydrogens is 392 g/mol. The molecule has 0 bridgehead atoms. The number of thiazole rings is 1. The molecule has 0 unspecified atom stereocenters. The van der Waals surface area contributed by atoms with E-state index in [0.717, 1.165) is 56.1 Å². The fraction of sp³-hybridized carbons (Fsp3) is 0.167. The molecule has 0 atom stereocenters. The van der Waals surface area contributed by atoms with E-state index in [1.807, 2.05) is 43.5 Å². The van der Waals surface area contributed by atoms with E-state index in [4.69, 9.17) is 4.98 Å². The predicted octanol–water partition coefficient (Wildman–Crippen LogP) is 5.45. The second-order valence-corrected chi connectivity index (χ2v) is 9.03. The van der Waals surface area contributed by atoms with Gasteiger partial charge in [-0.05, 0) is 55.5 Å². The normalized spacial score (nSPS) is 13.9. The van der Waals surface area contributed by atoms with Gasteiger partial charge in [0.1, 0.15) is 5.65 Å². The summed E-state index contributed by atoms with van der Waals surface area (Å²) in [5.74, 6) is 0.464. The first-order chi connectivity index (χ1) is 14.7. The zero-order valence-corrected chi connectivity index (χ0v) is 17.2. The maximum absolute atomic E-state index is 12.9. The zero-order valence-electron chi connectivity index (χ0n) is 16.3. The molecule has 1 aliphatic rings. The predicted molar refractivity (Wildman–Crippen MR) is 121 cm³/mol. The summed E-state index contributed by atoms with van der Waals surface area (Å²) in [5, 5.41) is 2.66. The molecule has 1 aromatic carbocycles. The molecule has 1 aliphatic carbocycles. The van der Waals surface area contributed by atoms with Crippen LogP contribution in [0.1, 0.15) is 29.5 Å². The van der Waals surface area contributed by atoms with Crippen molar-refractivity contribution in [2.24, 2.45) is 0 Å². The fourth-order valence-corrected chi connectivity index (χ4v) is 4.71. The van der Waals surface area contributed by atoms with Gasteiger partial charge in [0.15, 0.2) is 5.43 Å². The molecule has 6 rings (SSSR count). The maximum atomic E-state index is 12.9. The first kappa shape index (κ1) is 17.5. The van der Waals surface area contributed by atoms with Crippen molar-refractivity contribution in [3.63, 3.8) is 0 Å². The van der Waals surface area contributed by atoms with Gasteiger partial charge in [0.25, 0.3) is 0 Å². The summed E-state index contributed by atoms with van der Waals surface area (Å²) in [6.07, 6.45) is 5.92. The molecule has 4 aromatic heterocycles. The SMILES string of the molecule is Cc1ncc(-c2nc3[nH]c(C4CC4)cc(=O)c3cc2-c2ccc3ncccc3c2)s1. The van der Waals surface area contributed by atoms with Crippen LogP contribution in [0.3, 0.4) is 0 Å². The third-order valence-corrected chi connectivity index (χ3v) is 6.54. The number of hydrogen-bond donors (Lipinski definition) is 1. The molecule has 5 aromatic rings. The van der Waals surface area contributed by atoms with Gasteiger partial charge >= 0.3 is 0 Å². The lowest BCUT2D eigenvalue weighted by atomic mass is 9.99. The van der Waals surface area contributed by atoms with Crippen LogP contribution in [-0.2, 0) is 0 Å². The van der Waals surface area contributed by atoms with Crippen molar-refractivity contribution < 1.29 is 0 Å². The van der Waals surface area contributed by atoms with Crippen molar-refractivity contribution in [2.45, 2.75) is 25.7 Å². The van der Waals surface area contributed by atoms with E-state index in [1.54, 1.807) is 23.6 Å². The second-order valence-electron chi connectivity index (χ2n) is 7.80. The van der Waals surface area contributed by atoms with Crippen LogP contribution in [0.25, 0.3) is 43.6 Å². The Labute approximate surface area is 176 Å². The number of nitrogens with one attached hydrogen (secondary N) is 1. The number of aryl methyl sites for hydroxylation is 1. The van der Waals surface area contributed by atoms with Gasteiger partial charge in [-0.2, -0.15) is 0 Å². The van der Waals surface area contributed by atoms with Crippen LogP contribution in [0.15, 0.2) is 59.7 Å².